The van der Waals surface area contributed by atoms with Crippen molar-refractivity contribution in [2.45, 2.75) is 25.8 Å². The van der Waals surface area contributed by atoms with Crippen molar-refractivity contribution >= 4 is 28.9 Å². The number of aryl methyl sites for hydroxylation is 1. The number of carbonyl (C=O) groups is 2. The zero-order valence-electron chi connectivity index (χ0n) is 14.8. The third-order valence-corrected chi connectivity index (χ3v) is 4.48. The van der Waals surface area contributed by atoms with Gasteiger partial charge in [0.2, 0.25) is 5.91 Å². The smallest absolute Gasteiger partial charge is 0.256 e. The lowest BCUT2D eigenvalue weighted by Gasteiger charge is -2.19. The van der Waals surface area contributed by atoms with Gasteiger partial charge in [0.25, 0.3) is 5.91 Å². The van der Waals surface area contributed by atoms with Crippen LogP contribution in [0.25, 0.3) is 0 Å². The first kappa shape index (κ1) is 17.0. The Morgan fingerprint density at radius 3 is 2.40 bits per heavy atom. The predicted octanol–water partition coefficient (Wildman–Crippen LogP) is 3.06. The van der Waals surface area contributed by atoms with Gasteiger partial charge >= 0.3 is 0 Å². The van der Waals surface area contributed by atoms with Crippen LogP contribution in [0.3, 0.4) is 0 Å². The first-order valence-electron chi connectivity index (χ1n) is 8.50. The van der Waals surface area contributed by atoms with Gasteiger partial charge in [0.05, 0.1) is 12.1 Å². The molecule has 0 spiro atoms. The second-order valence-electron chi connectivity index (χ2n) is 6.39. The van der Waals surface area contributed by atoms with Gasteiger partial charge in [-0.3, -0.25) is 9.59 Å². The quantitative estimate of drug-likeness (QED) is 0.852. The van der Waals surface area contributed by atoms with Crippen molar-refractivity contribution in [1.82, 2.24) is 0 Å². The minimum absolute atomic E-state index is 0.159. The van der Waals surface area contributed by atoms with E-state index in [2.05, 4.69) is 5.32 Å². The molecule has 0 radical (unpaired) electrons. The molecule has 2 aromatic rings. The highest BCUT2D eigenvalue weighted by Gasteiger charge is 2.40. The van der Waals surface area contributed by atoms with Crippen LogP contribution in [0.2, 0.25) is 0 Å². The molecule has 0 saturated carbocycles. The van der Waals surface area contributed by atoms with Gasteiger partial charge in [-0.15, -0.1) is 0 Å². The maximum Gasteiger partial charge on any atom is 0.256 e. The van der Waals surface area contributed by atoms with Gasteiger partial charge in [0.1, 0.15) is 6.04 Å². The van der Waals surface area contributed by atoms with Crippen LogP contribution in [-0.4, -0.2) is 32.0 Å². The number of benzene rings is 2. The van der Waals surface area contributed by atoms with E-state index in [9.17, 15) is 9.59 Å². The number of anilines is 3. The molecule has 1 fully saturated rings. The van der Waals surface area contributed by atoms with E-state index in [-0.39, 0.29) is 18.2 Å². The lowest BCUT2D eigenvalue weighted by atomic mass is 10.1. The molecule has 2 aromatic carbocycles. The molecule has 1 atom stereocenters. The molecule has 2 amide bonds. The maximum atomic E-state index is 12.8. The molecule has 0 unspecified atom stereocenters. The number of rotatable bonds is 5. The summed E-state index contributed by atoms with van der Waals surface area (Å²) in [6, 6.07) is 14.9. The van der Waals surface area contributed by atoms with Crippen molar-refractivity contribution < 1.29 is 9.59 Å². The summed E-state index contributed by atoms with van der Waals surface area (Å²) in [4.78, 5) is 28.6. The van der Waals surface area contributed by atoms with Gasteiger partial charge < -0.3 is 10.2 Å². The van der Waals surface area contributed by atoms with Crippen LogP contribution in [0.1, 0.15) is 18.9 Å². The van der Waals surface area contributed by atoms with Crippen LogP contribution in [0.15, 0.2) is 48.5 Å². The molecule has 1 N–H and O–H groups in total. The van der Waals surface area contributed by atoms with E-state index in [1.54, 1.807) is 0 Å². The van der Waals surface area contributed by atoms with E-state index in [4.69, 9.17) is 0 Å². The molecule has 0 aromatic heterocycles. The first-order chi connectivity index (χ1) is 12.0. The van der Waals surface area contributed by atoms with Crippen molar-refractivity contribution in [2.75, 3.05) is 29.2 Å². The van der Waals surface area contributed by atoms with Crippen LogP contribution in [0, 0.1) is 0 Å². The lowest BCUT2D eigenvalue weighted by molar-refractivity contribution is -0.121. The summed E-state index contributed by atoms with van der Waals surface area (Å²) in [6.07, 6.45) is 0.948. The van der Waals surface area contributed by atoms with Crippen LogP contribution >= 0.6 is 0 Å². The summed E-state index contributed by atoms with van der Waals surface area (Å²) >= 11 is 0. The molecule has 1 saturated heterocycles. The number of carbonyl (C=O) groups excluding carboxylic acids is 2. The molecule has 5 nitrogen and oxygen atoms in total. The van der Waals surface area contributed by atoms with Gasteiger partial charge in [-0.05, 0) is 42.3 Å². The second kappa shape index (κ2) is 6.97. The van der Waals surface area contributed by atoms with Crippen molar-refractivity contribution in [2.24, 2.45) is 0 Å². The maximum absolute atomic E-state index is 12.8. The largest absolute Gasteiger partial charge is 0.378 e. The zero-order chi connectivity index (χ0) is 18.0. The highest BCUT2D eigenvalue weighted by molar-refractivity contribution is 6.23. The molecule has 1 aliphatic heterocycles. The average Bonchev–Trinajstić information content (AvgIpc) is 2.89. The van der Waals surface area contributed by atoms with Gasteiger partial charge in [-0.1, -0.05) is 25.1 Å². The molecule has 5 heteroatoms. The third kappa shape index (κ3) is 3.36. The number of nitrogens with zero attached hydrogens (tertiary/aromatic N) is 2. The van der Waals surface area contributed by atoms with Crippen LogP contribution in [0.4, 0.5) is 17.1 Å². The van der Waals surface area contributed by atoms with Gasteiger partial charge in [0, 0.05) is 25.5 Å². The highest BCUT2D eigenvalue weighted by atomic mass is 16.2. The molecule has 25 heavy (non-hydrogen) atoms. The van der Waals surface area contributed by atoms with Crippen molar-refractivity contribution in [1.29, 1.82) is 0 Å². The summed E-state index contributed by atoms with van der Waals surface area (Å²) < 4.78 is 0. The fourth-order valence-electron chi connectivity index (χ4n) is 3.08. The van der Waals surface area contributed by atoms with E-state index in [1.807, 2.05) is 74.4 Å². The van der Waals surface area contributed by atoms with E-state index in [1.165, 1.54) is 4.90 Å². The number of para-hydroxylation sites is 1. The fourth-order valence-corrected chi connectivity index (χ4v) is 3.08. The first-order valence-corrected chi connectivity index (χ1v) is 8.50. The van der Waals surface area contributed by atoms with Crippen LogP contribution < -0.4 is 15.1 Å². The third-order valence-electron chi connectivity index (χ3n) is 4.48. The number of nitrogens with one attached hydrogen (secondary N) is 1. The van der Waals surface area contributed by atoms with E-state index in [0.29, 0.717) is 5.69 Å². The lowest BCUT2D eigenvalue weighted by Crippen LogP contribution is -2.35. The minimum atomic E-state index is -0.525. The van der Waals surface area contributed by atoms with Crippen molar-refractivity contribution in [3.8, 4) is 0 Å². The Kier molecular flexibility index (Phi) is 4.74. The Morgan fingerprint density at radius 2 is 1.76 bits per heavy atom. The summed E-state index contributed by atoms with van der Waals surface area (Å²) in [5, 5.41) is 3.19. The Morgan fingerprint density at radius 1 is 1.08 bits per heavy atom. The average molecular weight is 337 g/mol. The SMILES string of the molecule is CCc1ccccc1N1C(=O)C[C@@H](Nc2ccc(N(C)C)cc2)C1=O. The standard InChI is InChI=1S/C20H23N3O2/c1-4-14-7-5-6-8-18(14)23-19(24)13-17(20(23)25)21-15-9-11-16(12-10-15)22(2)3/h5-12,17,21H,4,13H2,1-3H3/t17-/m1/s1. The zero-order valence-corrected chi connectivity index (χ0v) is 14.8. The summed E-state index contributed by atoms with van der Waals surface area (Å²) in [7, 11) is 3.95. The normalized spacial score (nSPS) is 17.1. The molecule has 1 aliphatic rings. The molecular formula is C20H23N3O2. The van der Waals surface area contributed by atoms with Crippen LogP contribution in [0.5, 0.6) is 0 Å². The summed E-state index contributed by atoms with van der Waals surface area (Å²) in [5.74, 6) is -0.351. The summed E-state index contributed by atoms with van der Waals surface area (Å²) in [5.41, 5.74) is 3.62. The number of amides is 2. The highest BCUT2D eigenvalue weighted by Crippen LogP contribution is 2.28. The monoisotopic (exact) mass is 337 g/mol. The molecule has 3 rings (SSSR count). The molecular weight excluding hydrogens is 314 g/mol. The fraction of sp³-hybridized carbons (Fsp3) is 0.300. The Balaban J connectivity index is 1.79. The molecule has 130 valence electrons. The summed E-state index contributed by atoms with van der Waals surface area (Å²) in [6.45, 7) is 2.02. The van der Waals surface area contributed by atoms with Crippen molar-refractivity contribution in [3.05, 3.63) is 54.1 Å². The Labute approximate surface area is 148 Å². The molecule has 1 heterocycles. The minimum Gasteiger partial charge on any atom is -0.378 e. The molecule has 0 aliphatic carbocycles. The van der Waals surface area contributed by atoms with Crippen molar-refractivity contribution in [3.63, 3.8) is 0 Å². The topological polar surface area (TPSA) is 52.7 Å². The Hall–Kier alpha value is -2.82. The van der Waals surface area contributed by atoms with Gasteiger partial charge in [-0.2, -0.15) is 0 Å². The number of hydrogen-bond acceptors (Lipinski definition) is 4. The van der Waals surface area contributed by atoms with E-state index in [0.717, 1.165) is 23.4 Å². The van der Waals surface area contributed by atoms with E-state index >= 15 is 0 Å². The van der Waals surface area contributed by atoms with Crippen LogP contribution in [-0.2, 0) is 16.0 Å². The second-order valence-corrected chi connectivity index (χ2v) is 6.39. The van der Waals surface area contributed by atoms with Gasteiger partial charge in [-0.25, -0.2) is 4.90 Å². The Bertz CT molecular complexity index is 784. The number of hydrogen-bond donors (Lipinski definition) is 1. The van der Waals surface area contributed by atoms with Gasteiger partial charge in [0.15, 0.2) is 0 Å². The molecule has 0 bridgehead atoms. The number of imide groups is 1. The van der Waals surface area contributed by atoms with E-state index < -0.39 is 6.04 Å². The predicted molar refractivity (Wildman–Crippen MR) is 101 cm³/mol.